The first-order chi connectivity index (χ1) is 15.6. The SMILES string of the molecule is O=C(CSc1cc(N2CCN(c3ccc(F)cc3)CC2)ncn1)NCc1ccc(F)cc1. The maximum atomic E-state index is 13.1. The predicted molar refractivity (Wildman–Crippen MR) is 122 cm³/mol. The molecular weight excluding hydrogens is 432 g/mol. The number of amides is 1. The third kappa shape index (κ3) is 5.94. The molecule has 0 unspecified atom stereocenters. The van der Waals surface area contributed by atoms with E-state index in [1.807, 2.05) is 6.07 Å². The van der Waals surface area contributed by atoms with Crippen LogP contribution in [-0.4, -0.2) is 47.8 Å². The van der Waals surface area contributed by atoms with Gasteiger partial charge in [-0.15, -0.1) is 0 Å². The quantitative estimate of drug-likeness (QED) is 0.435. The Hall–Kier alpha value is -3.20. The summed E-state index contributed by atoms with van der Waals surface area (Å²) >= 11 is 1.35. The van der Waals surface area contributed by atoms with Gasteiger partial charge in [0.2, 0.25) is 5.91 Å². The van der Waals surface area contributed by atoms with Gasteiger partial charge in [0.15, 0.2) is 0 Å². The van der Waals surface area contributed by atoms with Crippen LogP contribution in [0.4, 0.5) is 20.3 Å². The fourth-order valence-corrected chi connectivity index (χ4v) is 4.11. The number of halogens is 2. The maximum Gasteiger partial charge on any atom is 0.230 e. The molecular formula is C23H23F2N5OS. The van der Waals surface area contributed by atoms with Crippen LogP contribution in [0.15, 0.2) is 66.0 Å². The van der Waals surface area contributed by atoms with Crippen molar-refractivity contribution in [2.24, 2.45) is 0 Å². The summed E-state index contributed by atoms with van der Waals surface area (Å²) in [6.07, 6.45) is 1.51. The second-order valence-corrected chi connectivity index (χ2v) is 8.35. The molecule has 1 aromatic heterocycles. The molecule has 6 nitrogen and oxygen atoms in total. The molecule has 0 saturated carbocycles. The number of hydrogen-bond acceptors (Lipinski definition) is 6. The minimum absolute atomic E-state index is 0.118. The highest BCUT2D eigenvalue weighted by Gasteiger charge is 2.19. The van der Waals surface area contributed by atoms with E-state index in [1.54, 1.807) is 24.3 Å². The van der Waals surface area contributed by atoms with Crippen LogP contribution in [0, 0.1) is 11.6 Å². The van der Waals surface area contributed by atoms with Gasteiger partial charge in [-0.3, -0.25) is 4.79 Å². The fraction of sp³-hybridized carbons (Fsp3) is 0.261. The Morgan fingerprint density at radius 2 is 1.53 bits per heavy atom. The third-order valence-corrected chi connectivity index (χ3v) is 6.10. The van der Waals surface area contributed by atoms with Crippen molar-refractivity contribution in [2.75, 3.05) is 41.7 Å². The summed E-state index contributed by atoms with van der Waals surface area (Å²) in [5, 5.41) is 3.56. The highest BCUT2D eigenvalue weighted by Crippen LogP contribution is 2.22. The monoisotopic (exact) mass is 455 g/mol. The molecule has 0 aliphatic carbocycles. The number of rotatable bonds is 7. The summed E-state index contributed by atoms with van der Waals surface area (Å²) < 4.78 is 26.1. The van der Waals surface area contributed by atoms with Crippen LogP contribution in [-0.2, 0) is 11.3 Å². The van der Waals surface area contributed by atoms with E-state index in [1.165, 1.54) is 42.4 Å². The van der Waals surface area contributed by atoms with Gasteiger partial charge in [-0.1, -0.05) is 23.9 Å². The van der Waals surface area contributed by atoms with E-state index in [4.69, 9.17) is 0 Å². The van der Waals surface area contributed by atoms with Gasteiger partial charge in [0.1, 0.15) is 28.8 Å². The van der Waals surface area contributed by atoms with E-state index in [9.17, 15) is 13.6 Å². The third-order valence-electron chi connectivity index (χ3n) is 5.18. The molecule has 3 aromatic rings. The van der Waals surface area contributed by atoms with Crippen LogP contribution in [0.1, 0.15) is 5.56 Å². The largest absolute Gasteiger partial charge is 0.368 e. The smallest absolute Gasteiger partial charge is 0.230 e. The Balaban J connectivity index is 1.25. The molecule has 0 atom stereocenters. The van der Waals surface area contributed by atoms with Gasteiger partial charge in [0.25, 0.3) is 0 Å². The van der Waals surface area contributed by atoms with Gasteiger partial charge in [-0.2, -0.15) is 0 Å². The fourth-order valence-electron chi connectivity index (χ4n) is 3.42. The minimum atomic E-state index is -0.299. The molecule has 9 heteroatoms. The molecule has 1 N–H and O–H groups in total. The van der Waals surface area contributed by atoms with Gasteiger partial charge in [-0.25, -0.2) is 18.7 Å². The number of hydrogen-bond donors (Lipinski definition) is 1. The van der Waals surface area contributed by atoms with Crippen LogP contribution in [0.2, 0.25) is 0 Å². The summed E-state index contributed by atoms with van der Waals surface area (Å²) in [6, 6.07) is 14.5. The lowest BCUT2D eigenvalue weighted by Gasteiger charge is -2.36. The van der Waals surface area contributed by atoms with Crippen molar-refractivity contribution >= 4 is 29.2 Å². The number of benzene rings is 2. The summed E-state index contributed by atoms with van der Waals surface area (Å²) in [7, 11) is 0. The maximum absolute atomic E-state index is 13.1. The Labute approximate surface area is 189 Å². The summed E-state index contributed by atoms with van der Waals surface area (Å²) in [6.45, 7) is 3.55. The first kappa shape index (κ1) is 22.0. The predicted octanol–water partition coefficient (Wildman–Crippen LogP) is 3.49. The molecule has 32 heavy (non-hydrogen) atoms. The van der Waals surface area contributed by atoms with Crippen molar-refractivity contribution in [3.8, 4) is 0 Å². The number of nitrogens with zero attached hydrogens (tertiary/aromatic N) is 4. The Kier molecular flexibility index (Phi) is 7.16. The zero-order valence-corrected chi connectivity index (χ0v) is 18.2. The first-order valence-corrected chi connectivity index (χ1v) is 11.3. The van der Waals surface area contributed by atoms with E-state index < -0.39 is 0 Å². The zero-order valence-electron chi connectivity index (χ0n) is 17.4. The number of piperazine rings is 1. The van der Waals surface area contributed by atoms with Crippen molar-refractivity contribution in [2.45, 2.75) is 11.6 Å². The van der Waals surface area contributed by atoms with E-state index in [-0.39, 0.29) is 23.3 Å². The molecule has 2 heterocycles. The normalized spacial score (nSPS) is 13.8. The average molecular weight is 456 g/mol. The summed E-state index contributed by atoms with van der Waals surface area (Å²) in [4.78, 5) is 25.2. The van der Waals surface area contributed by atoms with Gasteiger partial charge < -0.3 is 15.1 Å². The number of carbonyl (C=O) groups is 1. The lowest BCUT2D eigenvalue weighted by atomic mass is 10.2. The molecule has 1 amide bonds. The lowest BCUT2D eigenvalue weighted by Crippen LogP contribution is -2.46. The molecule has 1 aliphatic heterocycles. The van der Waals surface area contributed by atoms with E-state index in [0.29, 0.717) is 6.54 Å². The molecule has 2 aromatic carbocycles. The van der Waals surface area contributed by atoms with Gasteiger partial charge in [0.05, 0.1) is 5.75 Å². The highest BCUT2D eigenvalue weighted by atomic mass is 32.2. The Morgan fingerprint density at radius 3 is 2.22 bits per heavy atom. The van der Waals surface area contributed by atoms with Crippen LogP contribution in [0.25, 0.3) is 0 Å². The van der Waals surface area contributed by atoms with Gasteiger partial charge in [-0.05, 0) is 42.0 Å². The standard InChI is InChI=1S/C23H23F2N5OS/c24-18-3-1-17(2-4-18)14-26-22(31)15-32-23-13-21(27-16-28-23)30-11-9-29(10-12-30)20-7-5-19(25)6-8-20/h1-8,13,16H,9-12,14-15H2,(H,26,31). The Morgan fingerprint density at radius 1 is 0.906 bits per heavy atom. The van der Waals surface area contributed by atoms with E-state index in [0.717, 1.165) is 48.3 Å². The van der Waals surface area contributed by atoms with Crippen molar-refractivity contribution < 1.29 is 13.6 Å². The van der Waals surface area contributed by atoms with Crippen LogP contribution >= 0.6 is 11.8 Å². The molecule has 1 saturated heterocycles. The van der Waals surface area contributed by atoms with Crippen molar-refractivity contribution in [3.05, 3.63) is 78.1 Å². The van der Waals surface area contributed by atoms with Crippen LogP contribution in [0.5, 0.6) is 0 Å². The molecule has 0 bridgehead atoms. The average Bonchev–Trinajstić information content (AvgIpc) is 2.83. The molecule has 4 rings (SSSR count). The number of carbonyl (C=O) groups excluding carboxylic acids is 1. The van der Waals surface area contributed by atoms with E-state index >= 15 is 0 Å². The number of anilines is 2. The minimum Gasteiger partial charge on any atom is -0.368 e. The molecule has 1 fully saturated rings. The topological polar surface area (TPSA) is 61.4 Å². The molecule has 0 radical (unpaired) electrons. The molecule has 166 valence electrons. The van der Waals surface area contributed by atoms with Crippen LogP contribution in [0.3, 0.4) is 0 Å². The summed E-state index contributed by atoms with van der Waals surface area (Å²) in [5.74, 6) is 0.408. The van der Waals surface area contributed by atoms with Gasteiger partial charge >= 0.3 is 0 Å². The van der Waals surface area contributed by atoms with Crippen molar-refractivity contribution in [3.63, 3.8) is 0 Å². The second-order valence-electron chi connectivity index (χ2n) is 7.36. The highest BCUT2D eigenvalue weighted by molar-refractivity contribution is 7.99. The number of thioether (sulfide) groups is 1. The number of aromatic nitrogens is 2. The van der Waals surface area contributed by atoms with Crippen molar-refractivity contribution in [1.82, 2.24) is 15.3 Å². The van der Waals surface area contributed by atoms with E-state index in [2.05, 4.69) is 25.1 Å². The lowest BCUT2D eigenvalue weighted by molar-refractivity contribution is -0.118. The van der Waals surface area contributed by atoms with Crippen LogP contribution < -0.4 is 15.1 Å². The molecule has 1 aliphatic rings. The first-order valence-electron chi connectivity index (χ1n) is 10.3. The Bertz CT molecular complexity index is 1040. The zero-order chi connectivity index (χ0) is 22.3. The van der Waals surface area contributed by atoms with Gasteiger partial charge in [0, 0.05) is 44.5 Å². The summed E-state index contributed by atoms with van der Waals surface area (Å²) in [5.41, 5.74) is 1.85. The second kappa shape index (κ2) is 10.4. The number of nitrogens with one attached hydrogen (secondary N) is 1. The molecule has 0 spiro atoms. The van der Waals surface area contributed by atoms with Crippen molar-refractivity contribution in [1.29, 1.82) is 0 Å².